The summed E-state index contributed by atoms with van der Waals surface area (Å²) in [6, 6.07) is 14.4. The minimum atomic E-state index is 0. The Labute approximate surface area is 135 Å². The van der Waals surface area contributed by atoms with E-state index in [0.717, 1.165) is 24.5 Å². The third kappa shape index (κ3) is 3.10. The molecule has 110 valence electrons. The van der Waals surface area contributed by atoms with E-state index in [1.54, 1.807) is 14.2 Å². The highest BCUT2D eigenvalue weighted by Crippen LogP contribution is 2.26. The SMILES string of the molecule is COc1ccc([N+]2=Cc3c(cccc3OC)CC2)cc1.[Br-]. The maximum Gasteiger partial charge on any atom is 0.205 e. The molecule has 1 heterocycles. The summed E-state index contributed by atoms with van der Waals surface area (Å²) in [6.45, 7) is 0.979. The lowest BCUT2D eigenvalue weighted by atomic mass is 10.0. The van der Waals surface area contributed by atoms with Gasteiger partial charge in [0.2, 0.25) is 5.69 Å². The average Bonchev–Trinajstić information content (AvgIpc) is 2.54. The van der Waals surface area contributed by atoms with Crippen LogP contribution in [0.2, 0.25) is 0 Å². The zero-order chi connectivity index (χ0) is 13.9. The number of nitrogens with zero attached hydrogens (tertiary/aromatic N) is 1. The van der Waals surface area contributed by atoms with Gasteiger partial charge >= 0.3 is 0 Å². The van der Waals surface area contributed by atoms with Crippen molar-refractivity contribution >= 4 is 11.9 Å². The Kier molecular flexibility index (Phi) is 5.02. The van der Waals surface area contributed by atoms with Crippen molar-refractivity contribution in [1.29, 1.82) is 0 Å². The number of hydrogen-bond acceptors (Lipinski definition) is 2. The van der Waals surface area contributed by atoms with Gasteiger partial charge in [0.15, 0.2) is 12.8 Å². The molecule has 1 aliphatic rings. The summed E-state index contributed by atoms with van der Waals surface area (Å²) < 4.78 is 12.9. The number of halogens is 1. The number of rotatable bonds is 3. The molecule has 0 amide bonds. The summed E-state index contributed by atoms with van der Waals surface area (Å²) in [6.07, 6.45) is 3.19. The molecule has 0 spiro atoms. The second-order valence-corrected chi connectivity index (χ2v) is 4.80. The number of ether oxygens (including phenoxy) is 2. The van der Waals surface area contributed by atoms with Crippen LogP contribution in [0.3, 0.4) is 0 Å². The van der Waals surface area contributed by atoms with Crippen LogP contribution < -0.4 is 26.5 Å². The van der Waals surface area contributed by atoms with Crippen molar-refractivity contribution in [2.75, 3.05) is 20.8 Å². The normalized spacial score (nSPS) is 12.8. The predicted octanol–water partition coefficient (Wildman–Crippen LogP) is 0.0270. The highest BCUT2D eigenvalue weighted by atomic mass is 79.9. The Morgan fingerprint density at radius 1 is 0.952 bits per heavy atom. The minimum absolute atomic E-state index is 0. The van der Waals surface area contributed by atoms with E-state index in [4.69, 9.17) is 9.47 Å². The summed E-state index contributed by atoms with van der Waals surface area (Å²) in [5, 5.41) is 0. The maximum absolute atomic E-state index is 5.46. The third-order valence-corrected chi connectivity index (χ3v) is 3.69. The van der Waals surface area contributed by atoms with Gasteiger partial charge < -0.3 is 26.5 Å². The molecule has 21 heavy (non-hydrogen) atoms. The molecule has 0 unspecified atom stereocenters. The van der Waals surface area contributed by atoms with Crippen LogP contribution in [0.5, 0.6) is 11.5 Å². The van der Waals surface area contributed by atoms with Gasteiger partial charge in [-0.05, 0) is 23.8 Å². The molecule has 0 aromatic heterocycles. The van der Waals surface area contributed by atoms with Gasteiger partial charge in [-0.2, -0.15) is 4.58 Å². The van der Waals surface area contributed by atoms with Crippen molar-refractivity contribution < 1.29 is 31.0 Å². The monoisotopic (exact) mass is 347 g/mol. The standard InChI is InChI=1S/C17H18NO2.BrH/c1-19-15-8-6-14(7-9-15)18-11-10-13-4-3-5-17(20-2)16(13)12-18;/h3-9,12H,10-11H2,1-2H3;1H/q+1;/p-1. The topological polar surface area (TPSA) is 21.5 Å². The predicted molar refractivity (Wildman–Crippen MR) is 79.6 cm³/mol. The van der Waals surface area contributed by atoms with E-state index in [1.165, 1.54) is 16.8 Å². The van der Waals surface area contributed by atoms with E-state index < -0.39 is 0 Å². The van der Waals surface area contributed by atoms with Crippen LogP contribution >= 0.6 is 0 Å². The lowest BCUT2D eigenvalue weighted by Gasteiger charge is -2.14. The first-order valence-electron chi connectivity index (χ1n) is 6.73. The van der Waals surface area contributed by atoms with Gasteiger partial charge in [0.05, 0.1) is 19.8 Å². The Morgan fingerprint density at radius 3 is 2.38 bits per heavy atom. The quantitative estimate of drug-likeness (QED) is 0.730. The van der Waals surface area contributed by atoms with Gasteiger partial charge in [-0.15, -0.1) is 0 Å². The van der Waals surface area contributed by atoms with E-state index in [2.05, 4.69) is 35.1 Å². The summed E-state index contributed by atoms with van der Waals surface area (Å²) in [7, 11) is 3.40. The number of hydrogen-bond donors (Lipinski definition) is 0. The van der Waals surface area contributed by atoms with Crippen LogP contribution in [-0.2, 0) is 6.42 Å². The molecule has 0 saturated carbocycles. The van der Waals surface area contributed by atoms with Gasteiger partial charge in [0.1, 0.15) is 11.5 Å². The lowest BCUT2D eigenvalue weighted by molar-refractivity contribution is -0.436. The van der Waals surface area contributed by atoms with Gasteiger partial charge in [-0.3, -0.25) is 0 Å². The summed E-state index contributed by atoms with van der Waals surface area (Å²) in [5.41, 5.74) is 3.69. The molecule has 0 aliphatic carbocycles. The fourth-order valence-corrected chi connectivity index (χ4v) is 2.57. The molecule has 0 bridgehead atoms. The molecule has 0 N–H and O–H groups in total. The van der Waals surface area contributed by atoms with Crippen LogP contribution in [0, 0.1) is 0 Å². The van der Waals surface area contributed by atoms with Crippen LogP contribution in [0.25, 0.3) is 0 Å². The number of fused-ring (bicyclic) bond motifs is 1. The highest BCUT2D eigenvalue weighted by molar-refractivity contribution is 5.83. The summed E-state index contributed by atoms with van der Waals surface area (Å²) >= 11 is 0. The number of benzene rings is 2. The molecular weight excluding hydrogens is 330 g/mol. The molecule has 0 saturated heterocycles. The average molecular weight is 348 g/mol. The molecule has 2 aromatic carbocycles. The fourth-order valence-electron chi connectivity index (χ4n) is 2.57. The van der Waals surface area contributed by atoms with Crippen LogP contribution in [-0.4, -0.2) is 31.6 Å². The van der Waals surface area contributed by atoms with Crippen molar-refractivity contribution in [2.24, 2.45) is 0 Å². The summed E-state index contributed by atoms with van der Waals surface area (Å²) in [4.78, 5) is 0. The zero-order valence-corrected chi connectivity index (χ0v) is 13.8. The Balaban J connectivity index is 0.00000161. The number of methoxy groups -OCH3 is 2. The third-order valence-electron chi connectivity index (χ3n) is 3.69. The zero-order valence-electron chi connectivity index (χ0n) is 12.2. The minimum Gasteiger partial charge on any atom is -1.00 e. The second-order valence-electron chi connectivity index (χ2n) is 4.80. The molecule has 3 rings (SSSR count). The highest BCUT2D eigenvalue weighted by Gasteiger charge is 2.20. The van der Waals surface area contributed by atoms with Crippen molar-refractivity contribution in [1.82, 2.24) is 0 Å². The largest absolute Gasteiger partial charge is 1.00 e. The fraction of sp³-hybridized carbons (Fsp3) is 0.235. The van der Waals surface area contributed by atoms with Gasteiger partial charge in [0, 0.05) is 18.6 Å². The molecule has 0 radical (unpaired) electrons. The van der Waals surface area contributed by atoms with Crippen molar-refractivity contribution in [2.45, 2.75) is 6.42 Å². The first kappa shape index (κ1) is 15.6. The molecule has 1 aliphatic heterocycles. The Bertz CT molecular complexity index is 650. The van der Waals surface area contributed by atoms with Gasteiger partial charge in [-0.1, -0.05) is 12.1 Å². The van der Waals surface area contributed by atoms with E-state index in [9.17, 15) is 0 Å². The van der Waals surface area contributed by atoms with Gasteiger partial charge in [0.25, 0.3) is 0 Å². The molecule has 2 aromatic rings. The van der Waals surface area contributed by atoms with Crippen LogP contribution in [0.15, 0.2) is 42.5 Å². The molecule has 0 fully saturated rings. The lowest BCUT2D eigenvalue weighted by Crippen LogP contribution is -3.00. The van der Waals surface area contributed by atoms with E-state index in [-0.39, 0.29) is 17.0 Å². The summed E-state index contributed by atoms with van der Waals surface area (Å²) in [5.74, 6) is 1.81. The van der Waals surface area contributed by atoms with Crippen LogP contribution in [0.4, 0.5) is 5.69 Å². The Hall–Kier alpha value is -1.81. The molecule has 4 heteroatoms. The maximum atomic E-state index is 5.46. The first-order valence-corrected chi connectivity index (χ1v) is 6.73. The van der Waals surface area contributed by atoms with Crippen molar-refractivity contribution in [3.63, 3.8) is 0 Å². The van der Waals surface area contributed by atoms with Crippen molar-refractivity contribution in [3.05, 3.63) is 53.6 Å². The van der Waals surface area contributed by atoms with Gasteiger partial charge in [-0.25, -0.2) is 0 Å². The van der Waals surface area contributed by atoms with Crippen LogP contribution in [0.1, 0.15) is 11.1 Å². The first-order chi connectivity index (χ1) is 9.81. The second kappa shape index (κ2) is 6.76. The molecule has 0 atom stereocenters. The molecule has 3 nitrogen and oxygen atoms in total. The van der Waals surface area contributed by atoms with E-state index in [0.29, 0.717) is 0 Å². The molecular formula is C17H18BrNO2. The smallest absolute Gasteiger partial charge is 0.205 e. The Morgan fingerprint density at radius 2 is 1.71 bits per heavy atom. The van der Waals surface area contributed by atoms with Crippen molar-refractivity contribution in [3.8, 4) is 11.5 Å². The van der Waals surface area contributed by atoms with E-state index >= 15 is 0 Å². The van der Waals surface area contributed by atoms with E-state index in [1.807, 2.05) is 18.2 Å².